The third-order valence-electron chi connectivity index (χ3n) is 4.61. The Morgan fingerprint density at radius 2 is 1.96 bits per heavy atom. The van der Waals surface area contributed by atoms with Gasteiger partial charge in [0.25, 0.3) is 0 Å². The fourth-order valence-electron chi connectivity index (χ4n) is 3.06. The maximum absolute atomic E-state index is 12.6. The summed E-state index contributed by atoms with van der Waals surface area (Å²) in [5.41, 5.74) is 5.30. The molecule has 0 aliphatic heterocycles. The molecule has 0 atom stereocenters. The predicted molar refractivity (Wildman–Crippen MR) is 92.4 cm³/mol. The van der Waals surface area contributed by atoms with Gasteiger partial charge in [0.05, 0.1) is 4.90 Å². The summed E-state index contributed by atoms with van der Waals surface area (Å²) in [7, 11) is -1.83. The number of aryl methyl sites for hydroxylation is 1. The number of rotatable bonds is 7. The zero-order chi connectivity index (χ0) is 17.9. The number of nitrogens with one attached hydrogen (secondary N) is 1. The Kier molecular flexibility index (Phi) is 5.07. The summed E-state index contributed by atoms with van der Waals surface area (Å²) in [4.78, 5) is 4.28. The standard InChI is InChI=1S/C16H23N5O3S/c1-21-15(18-12-19-21)10-24-13-4-6-14(7-5-13)25(22,23)20-16(11-17)8-2-3-9-16/h4-7,12,20H,2-3,8-11,17H2,1H3. The van der Waals surface area contributed by atoms with Crippen molar-refractivity contribution < 1.29 is 13.2 Å². The average Bonchev–Trinajstić information content (AvgIpc) is 3.22. The van der Waals surface area contributed by atoms with Crippen LogP contribution in [-0.2, 0) is 23.7 Å². The van der Waals surface area contributed by atoms with E-state index in [1.165, 1.54) is 18.5 Å². The number of benzene rings is 1. The van der Waals surface area contributed by atoms with Crippen LogP contribution in [-0.4, -0.2) is 35.3 Å². The van der Waals surface area contributed by atoms with E-state index in [0.717, 1.165) is 25.7 Å². The van der Waals surface area contributed by atoms with Crippen molar-refractivity contribution in [2.45, 2.75) is 42.7 Å². The Morgan fingerprint density at radius 3 is 2.52 bits per heavy atom. The zero-order valence-electron chi connectivity index (χ0n) is 14.2. The molecule has 1 aliphatic rings. The molecule has 1 aliphatic carbocycles. The molecule has 25 heavy (non-hydrogen) atoms. The molecule has 1 aromatic heterocycles. The van der Waals surface area contributed by atoms with Crippen LogP contribution in [0.4, 0.5) is 0 Å². The van der Waals surface area contributed by atoms with E-state index < -0.39 is 15.6 Å². The monoisotopic (exact) mass is 365 g/mol. The van der Waals surface area contributed by atoms with Gasteiger partial charge in [0, 0.05) is 19.1 Å². The molecule has 0 spiro atoms. The van der Waals surface area contributed by atoms with Gasteiger partial charge in [0.15, 0.2) is 5.82 Å². The lowest BCUT2D eigenvalue weighted by Crippen LogP contribution is -2.51. The highest BCUT2D eigenvalue weighted by Gasteiger charge is 2.36. The molecule has 3 N–H and O–H groups in total. The van der Waals surface area contributed by atoms with Crippen molar-refractivity contribution in [3.8, 4) is 5.75 Å². The Bertz CT molecular complexity index is 811. The van der Waals surface area contributed by atoms with Crippen molar-refractivity contribution in [3.05, 3.63) is 36.4 Å². The van der Waals surface area contributed by atoms with E-state index >= 15 is 0 Å². The van der Waals surface area contributed by atoms with Crippen LogP contribution in [0.25, 0.3) is 0 Å². The molecule has 3 rings (SSSR count). The predicted octanol–water partition coefficient (Wildman–Crippen LogP) is 0.944. The molecule has 0 radical (unpaired) electrons. The molecule has 0 unspecified atom stereocenters. The van der Waals surface area contributed by atoms with Crippen LogP contribution in [0.3, 0.4) is 0 Å². The van der Waals surface area contributed by atoms with Gasteiger partial charge >= 0.3 is 0 Å². The first-order chi connectivity index (χ1) is 11.9. The van der Waals surface area contributed by atoms with E-state index in [1.807, 2.05) is 0 Å². The van der Waals surface area contributed by atoms with E-state index in [-0.39, 0.29) is 11.5 Å². The molecule has 136 valence electrons. The van der Waals surface area contributed by atoms with Gasteiger partial charge in [-0.05, 0) is 37.1 Å². The molecule has 0 bridgehead atoms. The third-order valence-corrected chi connectivity index (χ3v) is 6.20. The Morgan fingerprint density at radius 1 is 1.28 bits per heavy atom. The van der Waals surface area contributed by atoms with Crippen molar-refractivity contribution in [2.75, 3.05) is 6.54 Å². The molecule has 8 nitrogen and oxygen atoms in total. The second-order valence-corrected chi connectivity index (χ2v) is 8.04. The van der Waals surface area contributed by atoms with Crippen LogP contribution in [0, 0.1) is 0 Å². The van der Waals surface area contributed by atoms with Crippen molar-refractivity contribution in [3.63, 3.8) is 0 Å². The summed E-state index contributed by atoms with van der Waals surface area (Å²) in [5.74, 6) is 1.25. The molecule has 2 aromatic rings. The molecular formula is C16H23N5O3S. The lowest BCUT2D eigenvalue weighted by molar-refractivity contribution is 0.289. The normalized spacial score (nSPS) is 16.9. The molecule has 1 saturated carbocycles. The van der Waals surface area contributed by atoms with Crippen LogP contribution >= 0.6 is 0 Å². The minimum Gasteiger partial charge on any atom is -0.486 e. The molecule has 0 saturated heterocycles. The molecule has 0 amide bonds. The maximum atomic E-state index is 12.6. The second kappa shape index (κ2) is 7.11. The lowest BCUT2D eigenvalue weighted by atomic mass is 10.0. The quantitative estimate of drug-likeness (QED) is 0.755. The summed E-state index contributed by atoms with van der Waals surface area (Å²) in [5, 5.41) is 3.97. The number of nitrogens with two attached hydrogens (primary N) is 1. The first-order valence-electron chi connectivity index (χ1n) is 8.24. The van der Waals surface area contributed by atoms with Crippen LogP contribution in [0.15, 0.2) is 35.5 Å². The highest BCUT2D eigenvalue weighted by Crippen LogP contribution is 2.30. The summed E-state index contributed by atoms with van der Waals surface area (Å²) in [6, 6.07) is 6.34. The fraction of sp³-hybridized carbons (Fsp3) is 0.500. The number of sulfonamides is 1. The average molecular weight is 365 g/mol. The Labute approximate surface area is 147 Å². The molecule has 1 fully saturated rings. The number of ether oxygens (including phenoxy) is 1. The molecule has 1 aromatic carbocycles. The molecule has 1 heterocycles. The van der Waals surface area contributed by atoms with E-state index in [0.29, 0.717) is 18.1 Å². The largest absolute Gasteiger partial charge is 0.486 e. The van der Waals surface area contributed by atoms with Crippen LogP contribution < -0.4 is 15.2 Å². The van der Waals surface area contributed by atoms with E-state index in [4.69, 9.17) is 10.5 Å². The SMILES string of the molecule is Cn1ncnc1COc1ccc(S(=O)(=O)NC2(CN)CCCC2)cc1. The summed E-state index contributed by atoms with van der Waals surface area (Å²) < 4.78 is 35.3. The van der Waals surface area contributed by atoms with Gasteiger partial charge in [-0.15, -0.1) is 0 Å². The second-order valence-electron chi connectivity index (χ2n) is 6.36. The summed E-state index contributed by atoms with van der Waals surface area (Å²) in [6.07, 6.45) is 5.00. The lowest BCUT2D eigenvalue weighted by Gasteiger charge is -2.28. The first-order valence-corrected chi connectivity index (χ1v) is 9.72. The van der Waals surface area contributed by atoms with Crippen molar-refractivity contribution in [1.82, 2.24) is 19.5 Å². The van der Waals surface area contributed by atoms with Crippen molar-refractivity contribution >= 4 is 10.0 Å². The first kappa shape index (κ1) is 17.8. The molecule has 9 heteroatoms. The highest BCUT2D eigenvalue weighted by molar-refractivity contribution is 7.89. The van der Waals surface area contributed by atoms with Gasteiger partial charge in [-0.3, -0.25) is 4.68 Å². The fourth-order valence-corrected chi connectivity index (χ4v) is 4.53. The number of hydrogen-bond donors (Lipinski definition) is 2. The smallest absolute Gasteiger partial charge is 0.241 e. The van der Waals surface area contributed by atoms with Gasteiger partial charge in [-0.2, -0.15) is 5.10 Å². The van der Waals surface area contributed by atoms with Crippen molar-refractivity contribution in [2.24, 2.45) is 12.8 Å². The van der Waals surface area contributed by atoms with Crippen LogP contribution in [0.1, 0.15) is 31.5 Å². The number of nitrogens with zero attached hydrogens (tertiary/aromatic N) is 3. The van der Waals surface area contributed by atoms with E-state index in [2.05, 4.69) is 14.8 Å². The van der Waals surface area contributed by atoms with Gasteiger partial charge in [0.1, 0.15) is 18.7 Å². The number of aromatic nitrogens is 3. The van der Waals surface area contributed by atoms with Crippen LogP contribution in [0.2, 0.25) is 0 Å². The highest BCUT2D eigenvalue weighted by atomic mass is 32.2. The minimum absolute atomic E-state index is 0.207. The maximum Gasteiger partial charge on any atom is 0.241 e. The topological polar surface area (TPSA) is 112 Å². The van der Waals surface area contributed by atoms with Gasteiger partial charge in [-0.1, -0.05) is 12.8 Å². The van der Waals surface area contributed by atoms with Gasteiger partial charge < -0.3 is 10.5 Å². The van der Waals surface area contributed by atoms with Crippen molar-refractivity contribution in [1.29, 1.82) is 0 Å². The summed E-state index contributed by atoms with van der Waals surface area (Å²) >= 11 is 0. The van der Waals surface area contributed by atoms with Gasteiger partial charge in [0.2, 0.25) is 10.0 Å². The summed E-state index contributed by atoms with van der Waals surface area (Å²) in [6.45, 7) is 0.572. The number of hydrogen-bond acceptors (Lipinski definition) is 6. The van der Waals surface area contributed by atoms with E-state index in [9.17, 15) is 8.42 Å². The Balaban J connectivity index is 1.67. The van der Waals surface area contributed by atoms with Crippen LogP contribution in [0.5, 0.6) is 5.75 Å². The van der Waals surface area contributed by atoms with E-state index in [1.54, 1.807) is 23.9 Å². The Hall–Kier alpha value is -1.97. The third kappa shape index (κ3) is 4.00. The zero-order valence-corrected chi connectivity index (χ0v) is 15.0. The minimum atomic E-state index is -3.61. The van der Waals surface area contributed by atoms with Gasteiger partial charge in [-0.25, -0.2) is 18.1 Å². The molecular weight excluding hydrogens is 342 g/mol.